The second-order valence-electron chi connectivity index (χ2n) is 10.1. The number of piperidine rings is 1. The predicted octanol–water partition coefficient (Wildman–Crippen LogP) is 5.59. The molecule has 0 radical (unpaired) electrons. The van der Waals surface area contributed by atoms with Crippen LogP contribution in [-0.4, -0.2) is 53.7 Å². The lowest BCUT2D eigenvalue weighted by Gasteiger charge is -2.32. The molecule has 184 valence electrons. The Morgan fingerprint density at radius 3 is 2.18 bits per heavy atom. The van der Waals surface area contributed by atoms with Crippen LogP contribution < -0.4 is 0 Å². The third-order valence-corrected chi connectivity index (χ3v) is 7.56. The molecule has 34 heavy (non-hydrogen) atoms. The molecule has 2 aliphatic heterocycles. The van der Waals surface area contributed by atoms with Crippen molar-refractivity contribution >= 4 is 24.1 Å². The molecule has 2 aliphatic rings. The fraction of sp³-hybridized carbons (Fsp3) is 0.517. The maximum Gasteiger partial charge on any atom is 0.223 e. The molecular formula is C29H39ClN2O2. The van der Waals surface area contributed by atoms with Crippen molar-refractivity contribution in [1.29, 1.82) is 0 Å². The van der Waals surface area contributed by atoms with Gasteiger partial charge in [-0.25, -0.2) is 0 Å². The van der Waals surface area contributed by atoms with E-state index in [1.165, 1.54) is 22.3 Å². The minimum Gasteiger partial charge on any atom is -0.343 e. The summed E-state index contributed by atoms with van der Waals surface area (Å²) >= 11 is 0. The fourth-order valence-electron chi connectivity index (χ4n) is 5.26. The van der Waals surface area contributed by atoms with Crippen molar-refractivity contribution in [3.05, 3.63) is 70.3 Å². The highest BCUT2D eigenvalue weighted by Crippen LogP contribution is 2.28. The molecule has 1 saturated heterocycles. The molecule has 4 nitrogen and oxygen atoms in total. The number of ketones is 1. The minimum absolute atomic E-state index is 0. The lowest BCUT2D eigenvalue weighted by atomic mass is 9.89. The van der Waals surface area contributed by atoms with Gasteiger partial charge in [0.1, 0.15) is 0 Å². The van der Waals surface area contributed by atoms with Crippen molar-refractivity contribution in [3.63, 3.8) is 0 Å². The summed E-state index contributed by atoms with van der Waals surface area (Å²) in [6, 6.07) is 15.5. The van der Waals surface area contributed by atoms with Crippen molar-refractivity contribution < 1.29 is 9.59 Å². The molecule has 0 unspecified atom stereocenters. The maximum atomic E-state index is 12.9. The quantitative estimate of drug-likeness (QED) is 0.503. The van der Waals surface area contributed by atoms with Crippen molar-refractivity contribution in [2.75, 3.05) is 26.2 Å². The number of halogens is 1. The van der Waals surface area contributed by atoms with E-state index in [1.807, 2.05) is 11.0 Å². The van der Waals surface area contributed by atoms with E-state index in [9.17, 15) is 9.59 Å². The minimum atomic E-state index is 0. The van der Waals surface area contributed by atoms with E-state index in [4.69, 9.17) is 0 Å². The first-order chi connectivity index (χ1) is 15.9. The van der Waals surface area contributed by atoms with Gasteiger partial charge in [-0.05, 0) is 75.1 Å². The van der Waals surface area contributed by atoms with E-state index < -0.39 is 0 Å². The molecule has 0 saturated carbocycles. The van der Waals surface area contributed by atoms with Crippen LogP contribution in [0.3, 0.4) is 0 Å². The molecule has 2 aromatic rings. The molecule has 5 heteroatoms. The number of carbonyl (C=O) groups is 2. The highest BCUT2D eigenvalue weighted by Gasteiger charge is 2.24. The van der Waals surface area contributed by atoms with Crippen LogP contribution in [0.1, 0.15) is 78.1 Å². The molecule has 2 heterocycles. The highest BCUT2D eigenvalue weighted by molar-refractivity contribution is 5.98. The topological polar surface area (TPSA) is 40.6 Å². The summed E-state index contributed by atoms with van der Waals surface area (Å²) in [7, 11) is 0. The number of nitrogens with zero attached hydrogens (tertiary/aromatic N) is 2. The molecule has 0 aliphatic carbocycles. The van der Waals surface area contributed by atoms with E-state index in [-0.39, 0.29) is 24.1 Å². The van der Waals surface area contributed by atoms with E-state index in [2.05, 4.69) is 62.1 Å². The summed E-state index contributed by atoms with van der Waals surface area (Å²) in [6.07, 6.45) is 4.64. The number of carbonyl (C=O) groups excluding carboxylic acids is 2. The second kappa shape index (κ2) is 12.0. The molecule has 0 aromatic heterocycles. The number of hydrogen-bond donors (Lipinski definition) is 0. The number of aryl methyl sites for hydroxylation is 1. The molecule has 0 bridgehead atoms. The van der Waals surface area contributed by atoms with Gasteiger partial charge in [-0.15, -0.1) is 12.4 Å². The van der Waals surface area contributed by atoms with Crippen molar-refractivity contribution in [1.82, 2.24) is 9.80 Å². The lowest BCUT2D eigenvalue weighted by Crippen LogP contribution is -2.38. The summed E-state index contributed by atoms with van der Waals surface area (Å²) < 4.78 is 0. The third kappa shape index (κ3) is 6.49. The highest BCUT2D eigenvalue weighted by atomic mass is 35.5. The van der Waals surface area contributed by atoms with Crippen LogP contribution in [0.5, 0.6) is 0 Å². The molecule has 2 aromatic carbocycles. The number of fused-ring (bicyclic) bond motifs is 1. The maximum absolute atomic E-state index is 12.9. The first-order valence-corrected chi connectivity index (χ1v) is 12.6. The van der Waals surface area contributed by atoms with Crippen LogP contribution in [0.4, 0.5) is 0 Å². The average Bonchev–Trinajstić information content (AvgIpc) is 3.05. The van der Waals surface area contributed by atoms with E-state index in [0.29, 0.717) is 24.8 Å². The van der Waals surface area contributed by atoms with E-state index in [0.717, 1.165) is 57.4 Å². The zero-order valence-electron chi connectivity index (χ0n) is 20.9. The Hall–Kier alpha value is -2.17. The zero-order chi connectivity index (χ0) is 23.4. The van der Waals surface area contributed by atoms with Crippen LogP contribution in [-0.2, 0) is 17.6 Å². The molecule has 0 spiro atoms. The third-order valence-electron chi connectivity index (χ3n) is 7.56. The predicted molar refractivity (Wildman–Crippen MR) is 141 cm³/mol. The number of likely N-dealkylation sites (tertiary alicyclic amines) is 1. The van der Waals surface area contributed by atoms with Crippen LogP contribution in [0.2, 0.25) is 0 Å². The van der Waals surface area contributed by atoms with Crippen LogP contribution >= 0.6 is 12.4 Å². The number of Topliss-reactive ketones (excluding diaryl/α,β-unsaturated/α-hetero) is 1. The van der Waals surface area contributed by atoms with Crippen molar-refractivity contribution in [2.45, 2.75) is 71.3 Å². The molecular weight excluding hydrogens is 444 g/mol. The Morgan fingerprint density at radius 2 is 1.53 bits per heavy atom. The summed E-state index contributed by atoms with van der Waals surface area (Å²) in [5.74, 6) is 0.737. The van der Waals surface area contributed by atoms with Gasteiger partial charge in [0.15, 0.2) is 5.78 Å². The standard InChI is InChI=1S/C29H38N2O2.ClH/c1-21(2)30-16-12-24-8-9-27(20-26(24)15-17-30)28(32)10-11-29(33)31-18-13-25(14-19-31)23-6-4-22(3)5-7-23;/h4-9,20-21,25H,10-19H2,1-3H3;1H. The molecule has 0 atom stereocenters. The van der Waals surface area contributed by atoms with Crippen LogP contribution in [0.25, 0.3) is 0 Å². The van der Waals surface area contributed by atoms with E-state index >= 15 is 0 Å². The first-order valence-electron chi connectivity index (χ1n) is 12.6. The Balaban J connectivity index is 0.00000324. The first kappa shape index (κ1) is 26.4. The summed E-state index contributed by atoms with van der Waals surface area (Å²) in [5.41, 5.74) is 6.08. The van der Waals surface area contributed by atoms with Crippen molar-refractivity contribution in [3.8, 4) is 0 Å². The smallest absolute Gasteiger partial charge is 0.223 e. The summed E-state index contributed by atoms with van der Waals surface area (Å²) in [5, 5.41) is 0. The zero-order valence-corrected chi connectivity index (χ0v) is 21.7. The fourth-order valence-corrected chi connectivity index (χ4v) is 5.26. The lowest BCUT2D eigenvalue weighted by molar-refractivity contribution is -0.132. The molecule has 1 amide bonds. The van der Waals surface area contributed by atoms with Gasteiger partial charge in [0.25, 0.3) is 0 Å². The average molecular weight is 483 g/mol. The SMILES string of the molecule is Cc1ccc(C2CCN(C(=O)CCC(=O)c3ccc4c(c3)CCN(C(C)C)CC4)CC2)cc1.Cl. The van der Waals surface area contributed by atoms with Gasteiger partial charge >= 0.3 is 0 Å². The van der Waals surface area contributed by atoms with Crippen molar-refractivity contribution in [2.24, 2.45) is 0 Å². The van der Waals surface area contributed by atoms with Gasteiger partial charge in [-0.1, -0.05) is 42.0 Å². The molecule has 4 rings (SSSR count). The van der Waals surface area contributed by atoms with Crippen LogP contribution in [0.15, 0.2) is 42.5 Å². The number of hydrogen-bond acceptors (Lipinski definition) is 3. The van der Waals surface area contributed by atoms with Crippen LogP contribution in [0, 0.1) is 6.92 Å². The van der Waals surface area contributed by atoms with Gasteiger partial charge < -0.3 is 9.80 Å². The largest absolute Gasteiger partial charge is 0.343 e. The normalized spacial score (nSPS) is 17.1. The Labute approximate surface area is 211 Å². The number of amides is 1. The number of benzene rings is 2. The van der Waals surface area contributed by atoms with Gasteiger partial charge in [0.2, 0.25) is 5.91 Å². The van der Waals surface area contributed by atoms with Gasteiger partial charge in [-0.2, -0.15) is 0 Å². The second-order valence-corrected chi connectivity index (χ2v) is 10.1. The monoisotopic (exact) mass is 482 g/mol. The Kier molecular flexibility index (Phi) is 9.32. The van der Waals surface area contributed by atoms with Gasteiger partial charge in [0.05, 0.1) is 0 Å². The summed E-state index contributed by atoms with van der Waals surface area (Å²) in [6.45, 7) is 10.3. The van der Waals surface area contributed by atoms with Gasteiger partial charge in [-0.3, -0.25) is 9.59 Å². The Bertz CT molecular complexity index is 978. The van der Waals surface area contributed by atoms with E-state index in [1.54, 1.807) is 0 Å². The summed E-state index contributed by atoms with van der Waals surface area (Å²) in [4.78, 5) is 30.1. The van der Waals surface area contributed by atoms with Gasteiger partial charge in [0, 0.05) is 50.6 Å². The Morgan fingerprint density at radius 1 is 0.882 bits per heavy atom. The molecule has 0 N–H and O–H groups in total. The number of rotatable bonds is 6. The molecule has 1 fully saturated rings.